The first-order valence-electron chi connectivity index (χ1n) is 10.3. The molecule has 5 nitrogen and oxygen atoms in total. The molecule has 1 heterocycles. The Bertz CT molecular complexity index is 980. The van der Waals surface area contributed by atoms with Crippen LogP contribution in [-0.2, 0) is 23.8 Å². The van der Waals surface area contributed by atoms with Crippen molar-refractivity contribution in [3.8, 4) is 0 Å². The highest BCUT2D eigenvalue weighted by Gasteiger charge is 2.64. The minimum absolute atomic E-state index is 0.0395. The van der Waals surface area contributed by atoms with Gasteiger partial charge in [0, 0.05) is 18.3 Å². The predicted molar refractivity (Wildman–Crippen MR) is 112 cm³/mol. The van der Waals surface area contributed by atoms with Gasteiger partial charge in [-0.05, 0) is 42.5 Å². The zero-order valence-corrected chi connectivity index (χ0v) is 17.5. The molecule has 0 spiro atoms. The number of aryl methyl sites for hydroxylation is 1. The van der Waals surface area contributed by atoms with Gasteiger partial charge in [0.15, 0.2) is 0 Å². The zero-order valence-electron chi connectivity index (χ0n) is 17.5. The van der Waals surface area contributed by atoms with Crippen LogP contribution in [0.4, 0.5) is 0 Å². The number of hydrogen-bond acceptors (Lipinski definition) is 5. The normalized spacial score (nSPS) is 27.0. The van der Waals surface area contributed by atoms with Gasteiger partial charge in [-0.15, -0.1) is 0 Å². The average Bonchev–Trinajstić information content (AvgIpc) is 3.28. The first-order chi connectivity index (χ1) is 14.5. The number of methoxy groups -OCH3 is 1. The smallest absolute Gasteiger partial charge is 0.373 e. The maximum atomic E-state index is 13.0. The number of rotatable bonds is 5. The summed E-state index contributed by atoms with van der Waals surface area (Å²) >= 11 is 0. The van der Waals surface area contributed by atoms with Crippen LogP contribution in [0.15, 0.2) is 66.4 Å². The molecule has 0 aromatic heterocycles. The Labute approximate surface area is 176 Å². The summed E-state index contributed by atoms with van der Waals surface area (Å²) in [6, 6.07) is 18.3. The molecular weight excluding hydrogens is 380 g/mol. The number of ether oxygens (including phenoxy) is 3. The van der Waals surface area contributed by atoms with Crippen LogP contribution < -0.4 is 0 Å². The van der Waals surface area contributed by atoms with Crippen molar-refractivity contribution < 1.29 is 23.8 Å². The summed E-state index contributed by atoms with van der Waals surface area (Å²) in [4.78, 5) is 25.5. The average molecular weight is 406 g/mol. The third-order valence-electron chi connectivity index (χ3n) is 6.28. The fourth-order valence-electron chi connectivity index (χ4n) is 5.04. The SMILES string of the molecule is CCOC(=O)C1=CC2[C@@H](c3ccccc3)[C@H](c3ccccc3C)C[C@]2(C(=O)OC)O1. The summed E-state index contributed by atoms with van der Waals surface area (Å²) in [6.07, 6.45) is 2.19. The molecule has 0 bridgehead atoms. The maximum Gasteiger partial charge on any atom is 0.373 e. The van der Waals surface area contributed by atoms with Crippen LogP contribution in [0, 0.1) is 12.8 Å². The van der Waals surface area contributed by atoms with Gasteiger partial charge in [0.25, 0.3) is 0 Å². The summed E-state index contributed by atoms with van der Waals surface area (Å²) in [5.74, 6) is -1.25. The van der Waals surface area contributed by atoms with Crippen molar-refractivity contribution in [2.24, 2.45) is 5.92 Å². The second kappa shape index (κ2) is 7.98. The van der Waals surface area contributed by atoms with Gasteiger partial charge in [-0.2, -0.15) is 0 Å². The third kappa shape index (κ3) is 3.18. The lowest BCUT2D eigenvalue weighted by Gasteiger charge is -2.27. The molecule has 0 radical (unpaired) electrons. The number of fused-ring (bicyclic) bond motifs is 1. The van der Waals surface area contributed by atoms with Crippen LogP contribution in [0.5, 0.6) is 0 Å². The van der Waals surface area contributed by atoms with Gasteiger partial charge >= 0.3 is 11.9 Å². The molecule has 156 valence electrons. The van der Waals surface area contributed by atoms with Crippen LogP contribution in [0.3, 0.4) is 0 Å². The second-order valence-corrected chi connectivity index (χ2v) is 7.86. The topological polar surface area (TPSA) is 61.8 Å². The lowest BCUT2D eigenvalue weighted by atomic mass is 9.78. The molecule has 30 heavy (non-hydrogen) atoms. The van der Waals surface area contributed by atoms with Crippen molar-refractivity contribution >= 4 is 11.9 Å². The minimum atomic E-state index is -1.25. The molecule has 5 heteroatoms. The molecule has 4 atom stereocenters. The molecule has 2 aromatic rings. The van der Waals surface area contributed by atoms with E-state index in [9.17, 15) is 9.59 Å². The molecule has 0 N–H and O–H groups in total. The minimum Gasteiger partial charge on any atom is -0.468 e. The van der Waals surface area contributed by atoms with Gasteiger partial charge in [0.2, 0.25) is 11.4 Å². The fraction of sp³-hybridized carbons (Fsp3) is 0.360. The first-order valence-corrected chi connectivity index (χ1v) is 10.3. The Hall–Kier alpha value is -3.08. The maximum absolute atomic E-state index is 13.0. The number of carbonyl (C=O) groups is 2. The summed E-state index contributed by atoms with van der Waals surface area (Å²) in [5, 5.41) is 0. The molecule has 0 saturated heterocycles. The van der Waals surface area contributed by atoms with Crippen molar-refractivity contribution in [2.75, 3.05) is 13.7 Å². The summed E-state index contributed by atoms with van der Waals surface area (Å²) in [7, 11) is 1.36. The predicted octanol–water partition coefficient (Wildman–Crippen LogP) is 4.27. The van der Waals surface area contributed by atoms with Gasteiger partial charge in [-0.1, -0.05) is 54.6 Å². The van der Waals surface area contributed by atoms with Gasteiger partial charge in [0.1, 0.15) is 0 Å². The van der Waals surface area contributed by atoms with E-state index in [4.69, 9.17) is 14.2 Å². The first kappa shape index (κ1) is 20.2. The monoisotopic (exact) mass is 406 g/mol. The Morgan fingerprint density at radius 2 is 1.80 bits per heavy atom. The second-order valence-electron chi connectivity index (χ2n) is 7.86. The van der Waals surface area contributed by atoms with Crippen LogP contribution in [-0.4, -0.2) is 31.3 Å². The Balaban J connectivity index is 1.86. The van der Waals surface area contributed by atoms with Gasteiger partial charge in [-0.3, -0.25) is 0 Å². The highest BCUT2D eigenvalue weighted by Crippen LogP contribution is 2.60. The Morgan fingerprint density at radius 3 is 2.47 bits per heavy atom. The number of benzene rings is 2. The van der Waals surface area contributed by atoms with Crippen molar-refractivity contribution in [1.29, 1.82) is 0 Å². The molecular formula is C25H26O5. The van der Waals surface area contributed by atoms with E-state index >= 15 is 0 Å². The van der Waals surface area contributed by atoms with Gasteiger partial charge in [-0.25, -0.2) is 9.59 Å². The largest absolute Gasteiger partial charge is 0.468 e. The lowest BCUT2D eigenvalue weighted by molar-refractivity contribution is -0.167. The highest BCUT2D eigenvalue weighted by molar-refractivity contribution is 5.91. The molecule has 0 amide bonds. The van der Waals surface area contributed by atoms with Crippen molar-refractivity contribution in [3.05, 3.63) is 83.1 Å². The molecule has 2 aromatic carbocycles. The number of esters is 2. The lowest BCUT2D eigenvalue weighted by Crippen LogP contribution is -2.43. The molecule has 1 saturated carbocycles. The van der Waals surface area contributed by atoms with E-state index in [0.29, 0.717) is 6.42 Å². The molecule has 1 fully saturated rings. The van der Waals surface area contributed by atoms with E-state index < -0.39 is 17.5 Å². The van der Waals surface area contributed by atoms with E-state index in [1.807, 2.05) is 30.3 Å². The molecule has 4 rings (SSSR count). The molecule has 1 unspecified atom stereocenters. The molecule has 1 aliphatic carbocycles. The third-order valence-corrected chi connectivity index (χ3v) is 6.28. The van der Waals surface area contributed by atoms with Crippen molar-refractivity contribution in [3.63, 3.8) is 0 Å². The van der Waals surface area contributed by atoms with Gasteiger partial charge < -0.3 is 14.2 Å². The van der Waals surface area contributed by atoms with Crippen LogP contribution in [0.25, 0.3) is 0 Å². The van der Waals surface area contributed by atoms with Crippen molar-refractivity contribution in [2.45, 2.75) is 37.7 Å². The number of carbonyl (C=O) groups excluding carboxylic acids is 2. The van der Waals surface area contributed by atoms with E-state index in [0.717, 1.165) is 11.1 Å². The van der Waals surface area contributed by atoms with E-state index in [-0.39, 0.29) is 30.1 Å². The quantitative estimate of drug-likeness (QED) is 0.694. The van der Waals surface area contributed by atoms with Crippen LogP contribution in [0.1, 0.15) is 41.9 Å². The number of hydrogen-bond donors (Lipinski definition) is 0. The standard InChI is InChI=1S/C25H26O5/c1-4-29-23(26)21-14-20-22(17-11-6-5-7-12-17)19(18-13-9-8-10-16(18)2)15-25(20,30-21)24(27)28-3/h5-14,19-20,22H,4,15H2,1-3H3/t19-,20?,22-,25-/m0/s1. The van der Waals surface area contributed by atoms with E-state index in [2.05, 4.69) is 31.2 Å². The highest BCUT2D eigenvalue weighted by atomic mass is 16.6. The van der Waals surface area contributed by atoms with Crippen LogP contribution in [0.2, 0.25) is 0 Å². The van der Waals surface area contributed by atoms with Gasteiger partial charge in [0.05, 0.1) is 13.7 Å². The fourth-order valence-corrected chi connectivity index (χ4v) is 5.04. The van der Waals surface area contributed by atoms with E-state index in [1.165, 1.54) is 12.7 Å². The van der Waals surface area contributed by atoms with Crippen LogP contribution >= 0.6 is 0 Å². The summed E-state index contributed by atoms with van der Waals surface area (Å²) in [6.45, 7) is 4.06. The summed E-state index contributed by atoms with van der Waals surface area (Å²) in [5.41, 5.74) is 2.20. The molecule has 2 aliphatic rings. The van der Waals surface area contributed by atoms with E-state index in [1.54, 1.807) is 13.0 Å². The molecule has 1 aliphatic heterocycles. The van der Waals surface area contributed by atoms with Crippen molar-refractivity contribution in [1.82, 2.24) is 0 Å². The summed E-state index contributed by atoms with van der Waals surface area (Å²) < 4.78 is 16.4. The Morgan fingerprint density at radius 1 is 1.10 bits per heavy atom. The Kier molecular flexibility index (Phi) is 5.37. The zero-order chi connectivity index (χ0) is 21.3.